The van der Waals surface area contributed by atoms with Crippen LogP contribution < -0.4 is 5.32 Å². The Balaban J connectivity index is 2.82. The maximum absolute atomic E-state index is 12.3. The summed E-state index contributed by atoms with van der Waals surface area (Å²) in [6, 6.07) is 4.64. The van der Waals surface area contributed by atoms with Gasteiger partial charge in [0.2, 0.25) is 0 Å². The van der Waals surface area contributed by atoms with E-state index in [0.717, 1.165) is 30.6 Å². The number of nitro groups is 1. The molecule has 1 amide bonds. The van der Waals surface area contributed by atoms with Crippen LogP contribution in [0.4, 0.5) is 5.69 Å². The van der Waals surface area contributed by atoms with Crippen LogP contribution in [0.1, 0.15) is 49.9 Å². The number of hydrogen-bond donors (Lipinski definition) is 1. The second kappa shape index (κ2) is 8.67. The Labute approximate surface area is 129 Å². The van der Waals surface area contributed by atoms with Gasteiger partial charge in [-0.25, -0.2) is 0 Å². The molecule has 5 nitrogen and oxygen atoms in total. The molecule has 1 aromatic carbocycles. The maximum atomic E-state index is 12.3. The van der Waals surface area contributed by atoms with Crippen LogP contribution in [0.5, 0.6) is 0 Å². The lowest BCUT2D eigenvalue weighted by Gasteiger charge is -2.14. The van der Waals surface area contributed by atoms with E-state index >= 15 is 0 Å². The highest BCUT2D eigenvalue weighted by Gasteiger charge is 2.21. The number of rotatable bonds is 8. The van der Waals surface area contributed by atoms with Crippen LogP contribution in [-0.2, 0) is 0 Å². The molecule has 1 atom stereocenters. The summed E-state index contributed by atoms with van der Waals surface area (Å²) >= 11 is 1.45. The molecule has 0 saturated heterocycles. The summed E-state index contributed by atoms with van der Waals surface area (Å²) in [5.41, 5.74) is -0.0137. The van der Waals surface area contributed by atoms with Gasteiger partial charge in [-0.05, 0) is 31.7 Å². The van der Waals surface area contributed by atoms with E-state index in [1.807, 2.05) is 13.2 Å². The zero-order chi connectivity index (χ0) is 15.8. The van der Waals surface area contributed by atoms with Gasteiger partial charge in [-0.1, -0.05) is 26.2 Å². The fourth-order valence-electron chi connectivity index (χ4n) is 2.06. The van der Waals surface area contributed by atoms with E-state index in [9.17, 15) is 14.9 Å². The third-order valence-electron chi connectivity index (χ3n) is 3.26. The van der Waals surface area contributed by atoms with Crippen LogP contribution in [0.15, 0.2) is 23.1 Å². The fourth-order valence-corrected chi connectivity index (χ4v) is 2.50. The molecule has 0 aliphatic heterocycles. The van der Waals surface area contributed by atoms with E-state index in [4.69, 9.17) is 0 Å². The minimum absolute atomic E-state index is 0.0154. The van der Waals surface area contributed by atoms with Gasteiger partial charge in [0.1, 0.15) is 5.56 Å². The maximum Gasteiger partial charge on any atom is 0.282 e. The molecule has 0 aliphatic carbocycles. The van der Waals surface area contributed by atoms with E-state index in [2.05, 4.69) is 12.2 Å². The van der Waals surface area contributed by atoms with Crippen molar-refractivity contribution in [2.24, 2.45) is 0 Å². The van der Waals surface area contributed by atoms with Crippen molar-refractivity contribution in [2.75, 3.05) is 6.26 Å². The van der Waals surface area contributed by atoms with Crippen LogP contribution >= 0.6 is 11.8 Å². The van der Waals surface area contributed by atoms with Crippen molar-refractivity contribution in [1.82, 2.24) is 5.32 Å². The summed E-state index contributed by atoms with van der Waals surface area (Å²) in [6.45, 7) is 4.05. The van der Waals surface area contributed by atoms with Gasteiger partial charge in [-0.2, -0.15) is 0 Å². The van der Waals surface area contributed by atoms with Crippen molar-refractivity contribution in [2.45, 2.75) is 50.5 Å². The number of thioether (sulfide) groups is 1. The number of nitrogens with zero attached hydrogens (tertiary/aromatic N) is 1. The molecule has 0 heterocycles. The number of hydrogen-bond acceptors (Lipinski definition) is 4. The molecular weight excluding hydrogens is 288 g/mol. The minimum Gasteiger partial charge on any atom is -0.349 e. The average molecular weight is 310 g/mol. The van der Waals surface area contributed by atoms with Crippen LogP contribution in [0.25, 0.3) is 0 Å². The lowest BCUT2D eigenvalue weighted by atomic mass is 10.1. The van der Waals surface area contributed by atoms with Gasteiger partial charge in [0.25, 0.3) is 11.6 Å². The van der Waals surface area contributed by atoms with Gasteiger partial charge in [0.05, 0.1) is 4.92 Å². The summed E-state index contributed by atoms with van der Waals surface area (Å²) in [4.78, 5) is 23.6. The number of amides is 1. The van der Waals surface area contributed by atoms with Gasteiger partial charge < -0.3 is 5.32 Å². The lowest BCUT2D eigenvalue weighted by Crippen LogP contribution is -2.32. The first kappa shape index (κ1) is 17.5. The Morgan fingerprint density at radius 1 is 1.43 bits per heavy atom. The van der Waals surface area contributed by atoms with Crippen LogP contribution in [0.3, 0.4) is 0 Å². The molecule has 0 spiro atoms. The lowest BCUT2D eigenvalue weighted by molar-refractivity contribution is -0.385. The highest BCUT2D eigenvalue weighted by molar-refractivity contribution is 7.98. The Morgan fingerprint density at radius 3 is 2.71 bits per heavy atom. The van der Waals surface area contributed by atoms with Crippen LogP contribution in [-0.4, -0.2) is 23.1 Å². The summed E-state index contributed by atoms with van der Waals surface area (Å²) in [5, 5.41) is 13.9. The topological polar surface area (TPSA) is 72.2 Å². The molecule has 0 fully saturated rings. The number of benzene rings is 1. The molecule has 21 heavy (non-hydrogen) atoms. The van der Waals surface area contributed by atoms with E-state index in [0.29, 0.717) is 0 Å². The summed E-state index contributed by atoms with van der Waals surface area (Å²) in [7, 11) is 0. The molecule has 6 heteroatoms. The Bertz CT molecular complexity index is 506. The summed E-state index contributed by atoms with van der Waals surface area (Å²) < 4.78 is 0. The largest absolute Gasteiger partial charge is 0.349 e. The molecule has 0 bridgehead atoms. The number of unbranched alkanes of at least 4 members (excludes halogenated alkanes) is 2. The first-order valence-electron chi connectivity index (χ1n) is 7.12. The molecule has 0 aliphatic rings. The standard InChI is InChI=1S/C15H22N2O3S/c1-4-5-6-7-11(2)16-15(18)13-10-12(21-3)8-9-14(13)17(19)20/h8-11H,4-7H2,1-3H3,(H,16,18). The van der Waals surface area contributed by atoms with Crippen molar-refractivity contribution in [3.8, 4) is 0 Å². The quantitative estimate of drug-likeness (QED) is 0.341. The molecule has 116 valence electrons. The molecule has 1 N–H and O–H groups in total. The molecule has 0 saturated carbocycles. The van der Waals surface area contributed by atoms with Gasteiger partial charge in [0, 0.05) is 17.0 Å². The Kier molecular flexibility index (Phi) is 7.22. The first-order valence-corrected chi connectivity index (χ1v) is 8.35. The predicted molar refractivity (Wildman–Crippen MR) is 85.9 cm³/mol. The minimum atomic E-state index is -0.513. The van der Waals surface area contributed by atoms with Crippen LogP contribution in [0, 0.1) is 10.1 Å². The van der Waals surface area contributed by atoms with Crippen molar-refractivity contribution < 1.29 is 9.72 Å². The van der Waals surface area contributed by atoms with Gasteiger partial charge in [-0.15, -0.1) is 11.8 Å². The Morgan fingerprint density at radius 2 is 2.14 bits per heavy atom. The number of carbonyl (C=O) groups is 1. The fraction of sp³-hybridized carbons (Fsp3) is 0.533. The first-order chi connectivity index (χ1) is 9.99. The van der Waals surface area contributed by atoms with Gasteiger partial charge in [-0.3, -0.25) is 14.9 Å². The van der Waals surface area contributed by atoms with Gasteiger partial charge >= 0.3 is 0 Å². The molecule has 1 unspecified atom stereocenters. The third-order valence-corrected chi connectivity index (χ3v) is 3.99. The van der Waals surface area contributed by atoms with Crippen LogP contribution in [0.2, 0.25) is 0 Å². The van der Waals surface area contributed by atoms with Crippen molar-refractivity contribution in [3.05, 3.63) is 33.9 Å². The molecular formula is C15H22N2O3S. The highest BCUT2D eigenvalue weighted by Crippen LogP contribution is 2.24. The normalized spacial score (nSPS) is 12.0. The van der Waals surface area contributed by atoms with E-state index < -0.39 is 4.92 Å². The monoisotopic (exact) mass is 310 g/mol. The molecule has 0 aromatic heterocycles. The number of nitro benzene ring substituents is 1. The average Bonchev–Trinajstić information content (AvgIpc) is 2.46. The number of nitrogens with one attached hydrogen (secondary N) is 1. The predicted octanol–water partition coefficient (Wildman–Crippen LogP) is 4.02. The van der Waals surface area contributed by atoms with Crippen molar-refractivity contribution in [1.29, 1.82) is 0 Å². The smallest absolute Gasteiger partial charge is 0.282 e. The zero-order valence-electron chi connectivity index (χ0n) is 12.7. The number of carbonyl (C=O) groups excluding carboxylic acids is 1. The van der Waals surface area contributed by atoms with E-state index in [1.165, 1.54) is 17.8 Å². The summed E-state index contributed by atoms with van der Waals surface area (Å²) in [6.07, 6.45) is 6.06. The van der Waals surface area contributed by atoms with Gasteiger partial charge in [0.15, 0.2) is 0 Å². The second-order valence-corrected chi connectivity index (χ2v) is 5.89. The molecule has 0 radical (unpaired) electrons. The molecule has 1 rings (SSSR count). The van der Waals surface area contributed by atoms with E-state index in [-0.39, 0.29) is 23.2 Å². The zero-order valence-corrected chi connectivity index (χ0v) is 13.5. The highest BCUT2D eigenvalue weighted by atomic mass is 32.2. The Hall–Kier alpha value is -1.56. The summed E-state index contributed by atoms with van der Waals surface area (Å²) in [5.74, 6) is -0.374. The van der Waals surface area contributed by atoms with E-state index in [1.54, 1.807) is 12.1 Å². The second-order valence-electron chi connectivity index (χ2n) is 5.01. The SMILES string of the molecule is CCCCCC(C)NC(=O)c1cc(SC)ccc1[N+](=O)[O-]. The van der Waals surface area contributed by atoms with Crippen molar-refractivity contribution in [3.63, 3.8) is 0 Å². The third kappa shape index (κ3) is 5.38. The molecule has 1 aromatic rings. The van der Waals surface area contributed by atoms with Crippen molar-refractivity contribution >= 4 is 23.4 Å².